The van der Waals surface area contributed by atoms with E-state index in [1.807, 2.05) is 0 Å². The first-order chi connectivity index (χ1) is 9.20. The normalized spacial score (nSPS) is 10.4. The summed E-state index contributed by atoms with van der Waals surface area (Å²) >= 11 is 0. The number of hydrogen-bond acceptors (Lipinski definition) is 6. The van der Waals surface area contributed by atoms with Crippen LogP contribution in [0, 0.1) is 0 Å². The lowest BCUT2D eigenvalue weighted by atomic mass is 10.3. The number of carbonyl (C=O) groups is 1. The average molecular weight is 263 g/mol. The minimum absolute atomic E-state index is 0.00661. The molecule has 0 saturated carbocycles. The number of ether oxygens (including phenoxy) is 1. The Balaban J connectivity index is 2.13. The molecule has 2 heterocycles. The highest BCUT2D eigenvalue weighted by Crippen LogP contribution is 2.16. The maximum atomic E-state index is 11.0. The monoisotopic (exact) mass is 263 g/mol. The molecule has 0 radical (unpaired) electrons. The van der Waals surface area contributed by atoms with Gasteiger partial charge < -0.3 is 15.2 Å². The number of carboxylic acids is 1. The van der Waals surface area contributed by atoms with Crippen LogP contribution in [0.3, 0.4) is 0 Å². The molecule has 0 aliphatic carbocycles. The maximum absolute atomic E-state index is 11.0. The van der Waals surface area contributed by atoms with Crippen LogP contribution in [0.1, 0.15) is 10.4 Å². The lowest BCUT2D eigenvalue weighted by Gasteiger charge is -2.04. The Bertz CT molecular complexity index is 569. The van der Waals surface area contributed by atoms with Crippen molar-refractivity contribution in [2.75, 3.05) is 19.0 Å². The highest BCUT2D eigenvalue weighted by Gasteiger charge is 2.12. The quantitative estimate of drug-likeness (QED) is 0.793. The van der Waals surface area contributed by atoms with Crippen LogP contribution in [-0.2, 0) is 11.3 Å². The zero-order chi connectivity index (χ0) is 13.7. The summed E-state index contributed by atoms with van der Waals surface area (Å²) in [5.74, 6) is -0.858. The van der Waals surface area contributed by atoms with Crippen molar-refractivity contribution < 1.29 is 14.6 Å². The molecule has 8 nitrogen and oxygen atoms in total. The molecule has 0 atom stereocenters. The van der Waals surface area contributed by atoms with Crippen LogP contribution in [0.25, 0.3) is 0 Å². The summed E-state index contributed by atoms with van der Waals surface area (Å²) < 4.78 is 6.63. The number of aromatic nitrogens is 4. The summed E-state index contributed by atoms with van der Waals surface area (Å²) in [7, 11) is 1.61. The van der Waals surface area contributed by atoms with E-state index in [1.165, 1.54) is 12.5 Å². The Kier molecular flexibility index (Phi) is 4.04. The molecule has 0 bridgehead atoms. The van der Waals surface area contributed by atoms with Gasteiger partial charge in [0.15, 0.2) is 0 Å². The fourth-order valence-corrected chi connectivity index (χ4v) is 1.46. The van der Waals surface area contributed by atoms with Gasteiger partial charge in [-0.3, -0.25) is 4.68 Å². The lowest BCUT2D eigenvalue weighted by Crippen LogP contribution is -2.05. The maximum Gasteiger partial charge on any atom is 0.341 e. The van der Waals surface area contributed by atoms with Gasteiger partial charge in [-0.05, 0) is 0 Å². The lowest BCUT2D eigenvalue weighted by molar-refractivity contribution is 0.0697. The van der Waals surface area contributed by atoms with Gasteiger partial charge in [-0.25, -0.2) is 14.8 Å². The van der Waals surface area contributed by atoms with Crippen LogP contribution < -0.4 is 5.32 Å². The third-order valence-corrected chi connectivity index (χ3v) is 2.36. The molecule has 0 aliphatic heterocycles. The van der Waals surface area contributed by atoms with E-state index in [-0.39, 0.29) is 11.4 Å². The number of aromatic carboxylic acids is 1. The smallest absolute Gasteiger partial charge is 0.341 e. The molecular weight excluding hydrogens is 250 g/mol. The van der Waals surface area contributed by atoms with Crippen LogP contribution in [0.5, 0.6) is 0 Å². The van der Waals surface area contributed by atoms with Crippen LogP contribution >= 0.6 is 0 Å². The van der Waals surface area contributed by atoms with Gasteiger partial charge in [-0.15, -0.1) is 0 Å². The molecule has 2 rings (SSSR count). The number of hydrogen-bond donors (Lipinski definition) is 2. The fraction of sp³-hybridized carbons (Fsp3) is 0.273. The second-order valence-corrected chi connectivity index (χ2v) is 3.70. The third kappa shape index (κ3) is 3.26. The van der Waals surface area contributed by atoms with Crippen molar-refractivity contribution >= 4 is 17.5 Å². The van der Waals surface area contributed by atoms with E-state index < -0.39 is 5.97 Å². The number of carboxylic acid groups (broad SMARTS) is 1. The Morgan fingerprint density at radius 3 is 3.11 bits per heavy atom. The minimum atomic E-state index is -1.09. The molecule has 2 N–H and O–H groups in total. The highest BCUT2D eigenvalue weighted by molar-refractivity contribution is 5.93. The van der Waals surface area contributed by atoms with E-state index in [0.29, 0.717) is 18.8 Å². The molecule has 2 aromatic heterocycles. The van der Waals surface area contributed by atoms with Crippen molar-refractivity contribution in [1.82, 2.24) is 19.7 Å². The van der Waals surface area contributed by atoms with Gasteiger partial charge in [0, 0.05) is 19.5 Å². The molecule has 0 aromatic carbocycles. The van der Waals surface area contributed by atoms with Gasteiger partial charge in [-0.2, -0.15) is 5.10 Å². The van der Waals surface area contributed by atoms with E-state index in [0.717, 1.165) is 0 Å². The summed E-state index contributed by atoms with van der Waals surface area (Å²) in [6.45, 7) is 1.17. The Labute approximate surface area is 109 Å². The Morgan fingerprint density at radius 2 is 2.37 bits per heavy atom. The Hall–Kier alpha value is -2.48. The first-order valence-corrected chi connectivity index (χ1v) is 5.52. The zero-order valence-electron chi connectivity index (χ0n) is 10.3. The van der Waals surface area contributed by atoms with Crippen molar-refractivity contribution in [3.63, 3.8) is 0 Å². The van der Waals surface area contributed by atoms with Gasteiger partial charge in [0.1, 0.15) is 17.7 Å². The van der Waals surface area contributed by atoms with Gasteiger partial charge in [-0.1, -0.05) is 0 Å². The Morgan fingerprint density at radius 1 is 1.53 bits per heavy atom. The van der Waals surface area contributed by atoms with Gasteiger partial charge in [0.2, 0.25) is 0 Å². The van der Waals surface area contributed by atoms with Crippen molar-refractivity contribution in [2.45, 2.75) is 6.54 Å². The van der Waals surface area contributed by atoms with E-state index in [4.69, 9.17) is 9.84 Å². The van der Waals surface area contributed by atoms with Crippen molar-refractivity contribution in [2.24, 2.45) is 0 Å². The van der Waals surface area contributed by atoms with Crippen LogP contribution in [-0.4, -0.2) is 44.5 Å². The topological polar surface area (TPSA) is 102 Å². The molecule has 0 fully saturated rings. The van der Waals surface area contributed by atoms with Crippen LogP contribution in [0.2, 0.25) is 0 Å². The van der Waals surface area contributed by atoms with Crippen LogP contribution in [0.4, 0.5) is 11.5 Å². The molecule has 2 aromatic rings. The number of nitrogens with zero attached hydrogens (tertiary/aromatic N) is 4. The van der Waals surface area contributed by atoms with Gasteiger partial charge in [0.25, 0.3) is 0 Å². The summed E-state index contributed by atoms with van der Waals surface area (Å²) in [5, 5.41) is 16.0. The zero-order valence-corrected chi connectivity index (χ0v) is 10.3. The predicted octanol–water partition coefficient (Wildman–Crippen LogP) is 0.761. The highest BCUT2D eigenvalue weighted by atomic mass is 16.5. The molecule has 19 heavy (non-hydrogen) atoms. The summed E-state index contributed by atoms with van der Waals surface area (Å²) in [6, 6.07) is 0. The summed E-state index contributed by atoms with van der Waals surface area (Å²) in [6.07, 6.45) is 5.85. The van der Waals surface area contributed by atoms with Gasteiger partial charge in [0.05, 0.1) is 25.0 Å². The fourth-order valence-electron chi connectivity index (χ4n) is 1.46. The van der Waals surface area contributed by atoms with E-state index >= 15 is 0 Å². The summed E-state index contributed by atoms with van der Waals surface area (Å²) in [5.41, 5.74) is 0.657. The largest absolute Gasteiger partial charge is 0.477 e. The first-order valence-electron chi connectivity index (χ1n) is 5.52. The molecule has 0 amide bonds. The van der Waals surface area contributed by atoms with E-state index in [1.54, 1.807) is 24.2 Å². The summed E-state index contributed by atoms with van der Waals surface area (Å²) in [4.78, 5) is 18.6. The average Bonchev–Trinajstić information content (AvgIpc) is 2.84. The van der Waals surface area contributed by atoms with Crippen molar-refractivity contribution in [3.8, 4) is 0 Å². The number of methoxy groups -OCH3 is 1. The van der Waals surface area contributed by atoms with Crippen molar-refractivity contribution in [1.29, 1.82) is 0 Å². The molecule has 0 spiro atoms. The van der Waals surface area contributed by atoms with Crippen LogP contribution in [0.15, 0.2) is 24.9 Å². The number of anilines is 2. The standard InChI is InChI=1S/C11H13N5O3/c1-19-3-2-16-6-8(4-14-16)15-10-9(11(17)18)5-12-7-13-10/h4-7H,2-3H2,1H3,(H,17,18)(H,12,13,15). The molecule has 0 saturated heterocycles. The molecular formula is C11H13N5O3. The SMILES string of the molecule is COCCn1cc(Nc2ncncc2C(=O)O)cn1. The second-order valence-electron chi connectivity index (χ2n) is 3.70. The third-order valence-electron chi connectivity index (χ3n) is 2.36. The molecule has 100 valence electrons. The van der Waals surface area contributed by atoms with Crippen molar-refractivity contribution in [3.05, 3.63) is 30.5 Å². The molecule has 0 aliphatic rings. The van der Waals surface area contributed by atoms with E-state index in [9.17, 15) is 4.79 Å². The minimum Gasteiger partial charge on any atom is -0.477 e. The number of nitrogens with one attached hydrogen (secondary N) is 1. The van der Waals surface area contributed by atoms with E-state index in [2.05, 4.69) is 20.4 Å². The predicted molar refractivity (Wildman–Crippen MR) is 66.4 cm³/mol. The second kappa shape index (κ2) is 5.91. The molecule has 0 unspecified atom stereocenters. The first kappa shape index (κ1) is 13.0. The molecule has 8 heteroatoms. The van der Waals surface area contributed by atoms with Gasteiger partial charge >= 0.3 is 5.97 Å². The number of rotatable bonds is 6.